The smallest absolute Gasteiger partial charge is 0.251 e. The van der Waals surface area contributed by atoms with Crippen molar-refractivity contribution in [3.05, 3.63) is 29.3 Å². The van der Waals surface area contributed by atoms with Gasteiger partial charge in [-0.1, -0.05) is 13.0 Å². The van der Waals surface area contributed by atoms with E-state index in [-0.39, 0.29) is 16.8 Å². The molecule has 0 aliphatic carbocycles. The van der Waals surface area contributed by atoms with E-state index in [1.54, 1.807) is 12.1 Å². The van der Waals surface area contributed by atoms with Crippen molar-refractivity contribution in [2.24, 2.45) is 0 Å². The fourth-order valence-electron chi connectivity index (χ4n) is 2.50. The number of nitrogens with one attached hydrogen (secondary N) is 1. The molecule has 128 valence electrons. The zero-order chi connectivity index (χ0) is 17.0. The Labute approximate surface area is 137 Å². The average Bonchev–Trinajstić information content (AvgIpc) is 2.54. The molecule has 1 fully saturated rings. The van der Waals surface area contributed by atoms with Gasteiger partial charge in [0, 0.05) is 24.7 Å². The topological polar surface area (TPSA) is 75.7 Å². The highest BCUT2D eigenvalue weighted by atomic mass is 32.2. The van der Waals surface area contributed by atoms with Crippen molar-refractivity contribution in [3.8, 4) is 0 Å². The summed E-state index contributed by atoms with van der Waals surface area (Å²) < 4.78 is 32.5. The van der Waals surface area contributed by atoms with E-state index in [0.29, 0.717) is 38.3 Å². The first kappa shape index (κ1) is 17.9. The number of benzene rings is 1. The van der Waals surface area contributed by atoms with Crippen molar-refractivity contribution in [1.29, 1.82) is 0 Å². The summed E-state index contributed by atoms with van der Waals surface area (Å²) in [6, 6.07) is 4.88. The molecule has 0 spiro atoms. The van der Waals surface area contributed by atoms with E-state index in [9.17, 15) is 13.2 Å². The van der Waals surface area contributed by atoms with Crippen molar-refractivity contribution >= 4 is 15.9 Å². The number of amides is 1. The standard InChI is InChI=1S/C16H24N2O4S/c1-4-13-5-6-14(16(19)17-12(2)3)11-15(13)23(20,21)18-7-9-22-10-8-18/h5-6,11-12H,4,7-10H2,1-3H3,(H,17,19). The summed E-state index contributed by atoms with van der Waals surface area (Å²) in [5.74, 6) is -0.263. The van der Waals surface area contributed by atoms with Gasteiger partial charge in [-0.3, -0.25) is 4.79 Å². The van der Waals surface area contributed by atoms with Crippen molar-refractivity contribution in [2.45, 2.75) is 38.1 Å². The Morgan fingerprint density at radius 1 is 1.30 bits per heavy atom. The molecular weight excluding hydrogens is 316 g/mol. The summed E-state index contributed by atoms with van der Waals surface area (Å²) in [6.45, 7) is 7.11. The molecule has 1 aliphatic rings. The summed E-state index contributed by atoms with van der Waals surface area (Å²) in [6.07, 6.45) is 0.588. The van der Waals surface area contributed by atoms with E-state index in [0.717, 1.165) is 5.56 Å². The van der Waals surface area contributed by atoms with E-state index in [1.165, 1.54) is 10.4 Å². The molecule has 0 aromatic heterocycles. The largest absolute Gasteiger partial charge is 0.379 e. The normalized spacial score (nSPS) is 16.5. The van der Waals surface area contributed by atoms with Gasteiger partial charge in [-0.05, 0) is 38.0 Å². The van der Waals surface area contributed by atoms with Crippen LogP contribution in [0.25, 0.3) is 0 Å². The SMILES string of the molecule is CCc1ccc(C(=O)NC(C)C)cc1S(=O)(=O)N1CCOCC1. The maximum Gasteiger partial charge on any atom is 0.251 e. The number of ether oxygens (including phenoxy) is 1. The third-order valence-corrected chi connectivity index (χ3v) is 5.70. The number of aryl methyl sites for hydroxylation is 1. The van der Waals surface area contributed by atoms with Gasteiger partial charge in [-0.2, -0.15) is 4.31 Å². The molecule has 2 rings (SSSR count). The van der Waals surface area contributed by atoms with Gasteiger partial charge in [-0.15, -0.1) is 0 Å². The molecule has 23 heavy (non-hydrogen) atoms. The predicted molar refractivity (Wildman–Crippen MR) is 88.0 cm³/mol. The van der Waals surface area contributed by atoms with Gasteiger partial charge in [0.15, 0.2) is 0 Å². The first-order valence-corrected chi connectivity index (χ1v) is 9.32. The summed E-state index contributed by atoms with van der Waals surface area (Å²) >= 11 is 0. The van der Waals surface area contributed by atoms with Crippen LogP contribution < -0.4 is 5.32 Å². The second kappa shape index (κ2) is 7.42. The molecule has 1 heterocycles. The molecule has 0 atom stereocenters. The second-order valence-corrected chi connectivity index (χ2v) is 7.73. The van der Waals surface area contributed by atoms with Crippen LogP contribution in [0.3, 0.4) is 0 Å². The van der Waals surface area contributed by atoms with E-state index in [2.05, 4.69) is 5.32 Å². The molecule has 1 aromatic rings. The molecule has 0 unspecified atom stereocenters. The first-order valence-electron chi connectivity index (χ1n) is 7.88. The van der Waals surface area contributed by atoms with Crippen LogP contribution in [0.5, 0.6) is 0 Å². The highest BCUT2D eigenvalue weighted by molar-refractivity contribution is 7.89. The van der Waals surface area contributed by atoms with Crippen molar-refractivity contribution < 1.29 is 17.9 Å². The van der Waals surface area contributed by atoms with Gasteiger partial charge in [0.2, 0.25) is 10.0 Å². The van der Waals surface area contributed by atoms with E-state index in [4.69, 9.17) is 4.74 Å². The van der Waals surface area contributed by atoms with Gasteiger partial charge in [-0.25, -0.2) is 8.42 Å². The number of hydrogen-bond donors (Lipinski definition) is 1. The molecule has 0 radical (unpaired) electrons. The molecule has 1 aromatic carbocycles. The van der Waals surface area contributed by atoms with E-state index < -0.39 is 10.0 Å². The second-order valence-electron chi connectivity index (χ2n) is 5.82. The fourth-order valence-corrected chi connectivity index (χ4v) is 4.23. The maximum absolute atomic E-state index is 12.9. The minimum Gasteiger partial charge on any atom is -0.379 e. The van der Waals surface area contributed by atoms with Gasteiger partial charge in [0.05, 0.1) is 18.1 Å². The van der Waals surface area contributed by atoms with Crippen molar-refractivity contribution in [2.75, 3.05) is 26.3 Å². The van der Waals surface area contributed by atoms with E-state index in [1.807, 2.05) is 20.8 Å². The minimum absolute atomic E-state index is 0.00680. The van der Waals surface area contributed by atoms with Crippen LogP contribution in [0.2, 0.25) is 0 Å². The quantitative estimate of drug-likeness (QED) is 0.879. The lowest BCUT2D eigenvalue weighted by Crippen LogP contribution is -2.41. The Bertz CT molecular complexity index is 665. The molecule has 1 saturated heterocycles. The lowest BCUT2D eigenvalue weighted by Gasteiger charge is -2.27. The van der Waals surface area contributed by atoms with Crippen LogP contribution in [0.15, 0.2) is 23.1 Å². The Kier molecular flexibility index (Phi) is 5.78. The molecular formula is C16H24N2O4S. The Balaban J connectivity index is 2.40. The average molecular weight is 340 g/mol. The van der Waals surface area contributed by atoms with Gasteiger partial charge < -0.3 is 10.1 Å². The monoisotopic (exact) mass is 340 g/mol. The first-order chi connectivity index (χ1) is 10.9. The summed E-state index contributed by atoms with van der Waals surface area (Å²) in [5, 5.41) is 2.79. The van der Waals surface area contributed by atoms with E-state index >= 15 is 0 Å². The maximum atomic E-state index is 12.9. The number of rotatable bonds is 5. The number of hydrogen-bond acceptors (Lipinski definition) is 4. The third-order valence-electron chi connectivity index (χ3n) is 3.72. The molecule has 1 amide bonds. The van der Waals surface area contributed by atoms with Gasteiger partial charge in [0.25, 0.3) is 5.91 Å². The minimum atomic E-state index is -3.62. The summed E-state index contributed by atoms with van der Waals surface area (Å²) in [7, 11) is -3.62. The zero-order valence-corrected chi connectivity index (χ0v) is 14.6. The van der Waals surface area contributed by atoms with Gasteiger partial charge >= 0.3 is 0 Å². The lowest BCUT2D eigenvalue weighted by molar-refractivity contribution is 0.0730. The van der Waals surface area contributed by atoms with Crippen molar-refractivity contribution in [1.82, 2.24) is 9.62 Å². The lowest BCUT2D eigenvalue weighted by atomic mass is 10.1. The van der Waals surface area contributed by atoms with Crippen LogP contribution in [0.4, 0.5) is 0 Å². The molecule has 1 aliphatic heterocycles. The molecule has 1 N–H and O–H groups in total. The molecule has 0 saturated carbocycles. The highest BCUT2D eigenvalue weighted by Gasteiger charge is 2.29. The summed E-state index contributed by atoms with van der Waals surface area (Å²) in [5.41, 5.74) is 1.08. The van der Waals surface area contributed by atoms with Crippen LogP contribution in [0.1, 0.15) is 36.7 Å². The van der Waals surface area contributed by atoms with Gasteiger partial charge in [0.1, 0.15) is 0 Å². The highest BCUT2D eigenvalue weighted by Crippen LogP contribution is 2.23. The number of carbonyl (C=O) groups is 1. The Morgan fingerprint density at radius 3 is 2.52 bits per heavy atom. The number of morpholine rings is 1. The van der Waals surface area contributed by atoms with Crippen LogP contribution in [-0.4, -0.2) is 51.0 Å². The van der Waals surface area contributed by atoms with Crippen LogP contribution in [-0.2, 0) is 21.2 Å². The number of nitrogens with zero attached hydrogens (tertiary/aromatic N) is 1. The fraction of sp³-hybridized carbons (Fsp3) is 0.562. The Morgan fingerprint density at radius 2 is 1.96 bits per heavy atom. The number of carbonyl (C=O) groups excluding carboxylic acids is 1. The molecule has 6 nitrogen and oxygen atoms in total. The van der Waals surface area contributed by atoms with Crippen LogP contribution in [0, 0.1) is 0 Å². The van der Waals surface area contributed by atoms with Crippen LogP contribution >= 0.6 is 0 Å². The summed E-state index contributed by atoms with van der Waals surface area (Å²) in [4.78, 5) is 12.4. The third kappa shape index (κ3) is 4.10. The molecule has 7 heteroatoms. The molecule has 0 bridgehead atoms. The Hall–Kier alpha value is -1.44. The van der Waals surface area contributed by atoms with Crippen molar-refractivity contribution in [3.63, 3.8) is 0 Å². The number of sulfonamides is 1. The zero-order valence-electron chi connectivity index (χ0n) is 13.8. The predicted octanol–water partition coefficient (Wildman–Crippen LogP) is 1.41.